The van der Waals surface area contributed by atoms with Crippen LogP contribution in [0.3, 0.4) is 0 Å². The first-order valence-corrected chi connectivity index (χ1v) is 6.07. The van der Waals surface area contributed by atoms with Crippen molar-refractivity contribution in [2.75, 3.05) is 11.5 Å². The third-order valence-electron chi connectivity index (χ3n) is 2.56. The summed E-state index contributed by atoms with van der Waals surface area (Å²) >= 11 is 1.98. The third-order valence-corrected chi connectivity index (χ3v) is 3.77. The molecule has 3 nitrogen and oxygen atoms in total. The van der Waals surface area contributed by atoms with Gasteiger partial charge >= 0.3 is 0 Å². The number of thioether (sulfide) groups is 1. The van der Waals surface area contributed by atoms with Crippen LogP contribution in [0.1, 0.15) is 41.9 Å². The summed E-state index contributed by atoms with van der Waals surface area (Å²) < 4.78 is 0. The minimum absolute atomic E-state index is 0.0379. The van der Waals surface area contributed by atoms with Gasteiger partial charge in [-0.05, 0) is 24.7 Å². The van der Waals surface area contributed by atoms with Gasteiger partial charge in [0.2, 0.25) is 0 Å². The predicted molar refractivity (Wildman–Crippen MR) is 57.9 cm³/mol. The van der Waals surface area contributed by atoms with Gasteiger partial charge in [0.1, 0.15) is 5.69 Å². The summed E-state index contributed by atoms with van der Waals surface area (Å²) in [7, 11) is 0. The maximum Gasteiger partial charge on any atom is 0.179 e. The first kappa shape index (κ1) is 9.77. The van der Waals surface area contributed by atoms with Crippen LogP contribution >= 0.6 is 11.8 Å². The maximum atomic E-state index is 11.1. The number of rotatable bonds is 2. The second kappa shape index (κ2) is 4.17. The molecule has 0 saturated carbocycles. The Morgan fingerprint density at radius 1 is 1.71 bits per heavy atom. The van der Waals surface area contributed by atoms with E-state index in [4.69, 9.17) is 0 Å². The summed E-state index contributed by atoms with van der Waals surface area (Å²) in [5.74, 6) is 3.02. The van der Waals surface area contributed by atoms with Crippen molar-refractivity contribution >= 4 is 17.5 Å². The van der Waals surface area contributed by atoms with Gasteiger partial charge in [0.25, 0.3) is 0 Å². The molecule has 1 aromatic rings. The van der Waals surface area contributed by atoms with E-state index in [0.29, 0.717) is 11.6 Å². The second-order valence-corrected chi connectivity index (χ2v) is 4.83. The van der Waals surface area contributed by atoms with Gasteiger partial charge in [-0.2, -0.15) is 16.9 Å². The zero-order valence-corrected chi connectivity index (χ0v) is 9.06. The molecule has 2 rings (SSSR count). The molecule has 2 heterocycles. The Morgan fingerprint density at radius 3 is 3.14 bits per heavy atom. The van der Waals surface area contributed by atoms with Crippen molar-refractivity contribution in [1.29, 1.82) is 0 Å². The van der Waals surface area contributed by atoms with Crippen LogP contribution in [0.2, 0.25) is 0 Å². The average Bonchev–Trinajstić information content (AvgIpc) is 2.68. The number of hydrogen-bond acceptors (Lipinski definition) is 3. The largest absolute Gasteiger partial charge is 0.293 e. The van der Waals surface area contributed by atoms with Gasteiger partial charge in [0.05, 0.1) is 0 Å². The zero-order chi connectivity index (χ0) is 9.97. The lowest BCUT2D eigenvalue weighted by molar-refractivity contribution is 0.101. The second-order valence-electron chi connectivity index (χ2n) is 3.68. The first-order valence-electron chi connectivity index (χ1n) is 4.91. The fraction of sp³-hybridized carbons (Fsp3) is 0.600. The normalized spacial score (nSPS) is 22.2. The molecule has 0 radical (unpaired) electrons. The van der Waals surface area contributed by atoms with Gasteiger partial charge in [-0.1, -0.05) is 0 Å². The minimum atomic E-state index is 0.0379. The number of carbonyl (C=O) groups excluding carboxylic acids is 1. The highest BCUT2D eigenvalue weighted by Gasteiger charge is 2.18. The number of hydrogen-bond donors (Lipinski definition) is 1. The third kappa shape index (κ3) is 2.00. The molecule has 1 atom stereocenters. The molecule has 0 spiro atoms. The zero-order valence-electron chi connectivity index (χ0n) is 8.25. The Hall–Kier alpha value is -0.770. The number of ketones is 1. The van der Waals surface area contributed by atoms with Gasteiger partial charge in [-0.25, -0.2) is 0 Å². The number of aromatic amines is 1. The molecule has 0 aromatic carbocycles. The van der Waals surface area contributed by atoms with Gasteiger partial charge in [-0.15, -0.1) is 0 Å². The molecule has 0 bridgehead atoms. The number of Topliss-reactive ketones (excluding diaryl/α,β-unsaturated/α-hetero) is 1. The van der Waals surface area contributed by atoms with E-state index >= 15 is 0 Å². The highest BCUT2D eigenvalue weighted by Crippen LogP contribution is 2.30. The number of aromatic nitrogens is 2. The Kier molecular flexibility index (Phi) is 2.91. The van der Waals surface area contributed by atoms with Gasteiger partial charge in [0.15, 0.2) is 5.78 Å². The molecule has 1 fully saturated rings. The topological polar surface area (TPSA) is 45.8 Å². The van der Waals surface area contributed by atoms with E-state index in [9.17, 15) is 4.79 Å². The standard InChI is InChI=1S/C10H14N2OS/c1-7(13)9-5-10(12-11-9)8-3-2-4-14-6-8/h5,8H,2-4,6H2,1H3,(H,11,12). The highest BCUT2D eigenvalue weighted by molar-refractivity contribution is 7.99. The van der Waals surface area contributed by atoms with Crippen molar-refractivity contribution in [2.45, 2.75) is 25.7 Å². The van der Waals surface area contributed by atoms with E-state index in [2.05, 4.69) is 10.2 Å². The number of nitrogens with one attached hydrogen (secondary N) is 1. The molecule has 76 valence electrons. The maximum absolute atomic E-state index is 11.1. The van der Waals surface area contributed by atoms with Crippen LogP contribution in [0.4, 0.5) is 0 Å². The van der Waals surface area contributed by atoms with Crippen LogP contribution in [0, 0.1) is 0 Å². The van der Waals surface area contributed by atoms with Crippen LogP contribution in [-0.2, 0) is 0 Å². The quantitative estimate of drug-likeness (QED) is 0.761. The summed E-state index contributed by atoms with van der Waals surface area (Å²) in [6.07, 6.45) is 2.48. The smallest absolute Gasteiger partial charge is 0.179 e. The average molecular weight is 210 g/mol. The Bertz CT molecular complexity index is 329. The van der Waals surface area contributed by atoms with Crippen LogP contribution in [-0.4, -0.2) is 27.5 Å². The van der Waals surface area contributed by atoms with Crippen LogP contribution in [0.5, 0.6) is 0 Å². The lowest BCUT2D eigenvalue weighted by Gasteiger charge is -2.19. The fourth-order valence-electron chi connectivity index (χ4n) is 1.71. The fourth-order valence-corrected chi connectivity index (χ4v) is 2.88. The summed E-state index contributed by atoms with van der Waals surface area (Å²) in [5, 5.41) is 6.98. The van der Waals surface area contributed by atoms with Crippen molar-refractivity contribution in [3.8, 4) is 0 Å². The lowest BCUT2D eigenvalue weighted by atomic mass is 10.0. The first-order chi connectivity index (χ1) is 6.77. The highest BCUT2D eigenvalue weighted by atomic mass is 32.2. The Balaban J connectivity index is 2.11. The Morgan fingerprint density at radius 2 is 2.57 bits per heavy atom. The summed E-state index contributed by atoms with van der Waals surface area (Å²) in [4.78, 5) is 11.1. The van der Waals surface area contributed by atoms with Crippen LogP contribution < -0.4 is 0 Å². The predicted octanol–water partition coefficient (Wildman–Crippen LogP) is 2.22. The van der Waals surface area contributed by atoms with E-state index in [0.717, 1.165) is 11.4 Å². The van der Waals surface area contributed by atoms with Crippen molar-refractivity contribution < 1.29 is 4.79 Å². The van der Waals surface area contributed by atoms with Crippen LogP contribution in [0.25, 0.3) is 0 Å². The van der Waals surface area contributed by atoms with Gasteiger partial charge < -0.3 is 0 Å². The summed E-state index contributed by atoms with van der Waals surface area (Å²) in [5.41, 5.74) is 1.69. The number of carbonyl (C=O) groups is 1. The van der Waals surface area contributed by atoms with E-state index in [1.807, 2.05) is 17.8 Å². The molecule has 1 saturated heterocycles. The van der Waals surface area contributed by atoms with Gasteiger partial charge in [0, 0.05) is 24.3 Å². The molecule has 0 aliphatic carbocycles. The molecule has 1 aliphatic rings. The van der Waals surface area contributed by atoms with E-state index in [1.54, 1.807) is 6.92 Å². The molecule has 1 aliphatic heterocycles. The van der Waals surface area contributed by atoms with Crippen molar-refractivity contribution in [2.24, 2.45) is 0 Å². The minimum Gasteiger partial charge on any atom is -0.293 e. The molecule has 1 unspecified atom stereocenters. The van der Waals surface area contributed by atoms with Gasteiger partial charge in [-0.3, -0.25) is 9.89 Å². The van der Waals surface area contributed by atoms with Crippen molar-refractivity contribution in [1.82, 2.24) is 10.2 Å². The Labute approximate surface area is 87.7 Å². The van der Waals surface area contributed by atoms with E-state index < -0.39 is 0 Å². The van der Waals surface area contributed by atoms with E-state index in [1.165, 1.54) is 18.6 Å². The summed E-state index contributed by atoms with van der Waals surface area (Å²) in [6, 6.07) is 1.90. The molecule has 1 aromatic heterocycles. The molecule has 1 N–H and O–H groups in total. The molecular formula is C10H14N2OS. The molecule has 14 heavy (non-hydrogen) atoms. The SMILES string of the molecule is CC(=O)c1cc(C2CCCSC2)[nH]n1. The molecule has 4 heteroatoms. The monoisotopic (exact) mass is 210 g/mol. The number of nitrogens with zero attached hydrogens (tertiary/aromatic N) is 1. The molecule has 0 amide bonds. The summed E-state index contributed by atoms with van der Waals surface area (Å²) in [6.45, 7) is 1.55. The van der Waals surface area contributed by atoms with Crippen molar-refractivity contribution in [3.63, 3.8) is 0 Å². The van der Waals surface area contributed by atoms with Crippen molar-refractivity contribution in [3.05, 3.63) is 17.5 Å². The molecular weight excluding hydrogens is 196 g/mol. The number of H-pyrrole nitrogens is 1. The van der Waals surface area contributed by atoms with Crippen LogP contribution in [0.15, 0.2) is 6.07 Å². The lowest BCUT2D eigenvalue weighted by Crippen LogP contribution is -2.08. The van der Waals surface area contributed by atoms with E-state index in [-0.39, 0.29) is 5.78 Å².